The third-order valence-electron chi connectivity index (χ3n) is 7.37. The standard InChI is InChI=1S/C11H19Cl.C9H18.Fe/c1-7-8(2)10(4)11(5-6-12)9(7)3;1-6-5-7(2)9(4)8(6)3;/h5-11H,1-4H3;6-9H,5H2,1-4H3;. The smallest absolute Gasteiger partial charge is 0.000546 e. The summed E-state index contributed by atoms with van der Waals surface area (Å²) in [5.74, 6) is 7.77. The van der Waals surface area contributed by atoms with E-state index in [2.05, 4.69) is 61.5 Å². The summed E-state index contributed by atoms with van der Waals surface area (Å²) >= 11 is 5.63. The number of allylic oxidation sites excluding steroid dienone is 1. The largest absolute Gasteiger partial charge is 0.0933 e. The molecule has 2 aliphatic carbocycles. The van der Waals surface area contributed by atoms with E-state index in [9.17, 15) is 0 Å². The monoisotopic (exact) mass is 368 g/mol. The number of hydrogen-bond donors (Lipinski definition) is 0. The summed E-state index contributed by atoms with van der Waals surface area (Å²) in [6.45, 7) is 18.9. The molecule has 8 atom stereocenters. The van der Waals surface area contributed by atoms with Gasteiger partial charge in [0.2, 0.25) is 0 Å². The van der Waals surface area contributed by atoms with Crippen molar-refractivity contribution in [3.8, 4) is 0 Å². The summed E-state index contributed by atoms with van der Waals surface area (Å²) in [6, 6.07) is 0. The number of rotatable bonds is 1. The summed E-state index contributed by atoms with van der Waals surface area (Å²) < 4.78 is 0. The molecule has 0 spiro atoms. The first-order chi connectivity index (χ1) is 9.72. The van der Waals surface area contributed by atoms with Crippen LogP contribution in [0.2, 0.25) is 0 Å². The summed E-state index contributed by atoms with van der Waals surface area (Å²) in [5, 5.41) is 0. The van der Waals surface area contributed by atoms with Crippen molar-refractivity contribution in [1.29, 1.82) is 0 Å². The average molecular weight is 369 g/mol. The fourth-order valence-electron chi connectivity index (χ4n) is 4.62. The first-order valence-corrected chi connectivity index (χ1v) is 9.42. The zero-order valence-electron chi connectivity index (χ0n) is 15.8. The molecule has 22 heavy (non-hydrogen) atoms. The minimum Gasteiger partial charge on any atom is -0.0933 e. The minimum absolute atomic E-state index is 0. The molecular weight excluding hydrogens is 332 g/mol. The van der Waals surface area contributed by atoms with Crippen LogP contribution in [-0.4, -0.2) is 0 Å². The Bertz CT molecular complexity index is 315. The Hall–Kier alpha value is 0.549. The van der Waals surface area contributed by atoms with Gasteiger partial charge in [-0.25, -0.2) is 0 Å². The second-order valence-electron chi connectivity index (χ2n) is 8.24. The van der Waals surface area contributed by atoms with Gasteiger partial charge in [0.05, 0.1) is 0 Å². The summed E-state index contributed by atoms with van der Waals surface area (Å²) in [7, 11) is 0. The van der Waals surface area contributed by atoms with Gasteiger partial charge >= 0.3 is 0 Å². The van der Waals surface area contributed by atoms with Gasteiger partial charge in [-0.1, -0.05) is 73.1 Å². The molecule has 0 heterocycles. The van der Waals surface area contributed by atoms with Gasteiger partial charge in [-0.3, -0.25) is 0 Å². The van der Waals surface area contributed by atoms with Crippen LogP contribution in [0.25, 0.3) is 0 Å². The van der Waals surface area contributed by atoms with E-state index in [1.54, 1.807) is 5.54 Å². The quantitative estimate of drug-likeness (QED) is 0.444. The second kappa shape index (κ2) is 9.75. The van der Waals surface area contributed by atoms with E-state index in [1.165, 1.54) is 6.42 Å². The van der Waals surface area contributed by atoms with Gasteiger partial charge < -0.3 is 0 Å². The van der Waals surface area contributed by atoms with Crippen LogP contribution in [0, 0.1) is 53.3 Å². The number of hydrogen-bond acceptors (Lipinski definition) is 0. The molecule has 2 aliphatic rings. The van der Waals surface area contributed by atoms with E-state index < -0.39 is 0 Å². The van der Waals surface area contributed by atoms with Gasteiger partial charge in [0.25, 0.3) is 0 Å². The minimum atomic E-state index is 0. The molecule has 0 N–H and O–H groups in total. The predicted molar refractivity (Wildman–Crippen MR) is 96.4 cm³/mol. The molecule has 2 fully saturated rings. The van der Waals surface area contributed by atoms with Crippen molar-refractivity contribution >= 4 is 11.6 Å². The maximum atomic E-state index is 5.63. The summed E-state index contributed by atoms with van der Waals surface area (Å²) in [4.78, 5) is 0. The molecule has 0 aliphatic heterocycles. The van der Waals surface area contributed by atoms with E-state index in [0.29, 0.717) is 5.92 Å². The molecule has 0 radical (unpaired) electrons. The normalized spacial score (nSPS) is 48.0. The van der Waals surface area contributed by atoms with Crippen LogP contribution in [0.5, 0.6) is 0 Å². The molecule has 0 amide bonds. The van der Waals surface area contributed by atoms with Crippen molar-refractivity contribution in [2.75, 3.05) is 0 Å². The maximum Gasteiger partial charge on any atom is 0.000546 e. The molecule has 2 rings (SSSR count). The second-order valence-corrected chi connectivity index (χ2v) is 8.49. The Kier molecular flexibility index (Phi) is 9.99. The van der Waals surface area contributed by atoms with E-state index in [1.807, 2.05) is 0 Å². The van der Waals surface area contributed by atoms with E-state index in [0.717, 1.165) is 47.3 Å². The van der Waals surface area contributed by atoms with Gasteiger partial charge in [0.15, 0.2) is 0 Å². The van der Waals surface area contributed by atoms with Crippen molar-refractivity contribution in [2.45, 2.75) is 61.8 Å². The molecule has 0 aromatic rings. The Morgan fingerprint density at radius 1 is 0.636 bits per heavy atom. The van der Waals surface area contributed by atoms with Crippen LogP contribution in [-0.2, 0) is 17.1 Å². The third-order valence-corrected chi connectivity index (χ3v) is 7.51. The average Bonchev–Trinajstić information content (AvgIpc) is 2.77. The molecular formula is C20H37ClFe. The van der Waals surface area contributed by atoms with Crippen LogP contribution in [0.15, 0.2) is 11.6 Å². The Morgan fingerprint density at radius 2 is 1.00 bits per heavy atom. The van der Waals surface area contributed by atoms with Crippen LogP contribution in [0.3, 0.4) is 0 Å². The predicted octanol–water partition coefficient (Wildman–Crippen LogP) is 6.85. The molecule has 8 unspecified atom stereocenters. The van der Waals surface area contributed by atoms with Crippen molar-refractivity contribution in [2.24, 2.45) is 53.3 Å². The Morgan fingerprint density at radius 3 is 1.23 bits per heavy atom. The summed E-state index contributed by atoms with van der Waals surface area (Å²) in [5.41, 5.74) is 1.68. The van der Waals surface area contributed by atoms with Crippen molar-refractivity contribution in [3.63, 3.8) is 0 Å². The molecule has 0 saturated heterocycles. The van der Waals surface area contributed by atoms with Crippen LogP contribution < -0.4 is 0 Å². The van der Waals surface area contributed by atoms with E-state index in [4.69, 9.17) is 11.6 Å². The van der Waals surface area contributed by atoms with Gasteiger partial charge in [-0.05, 0) is 59.7 Å². The van der Waals surface area contributed by atoms with Gasteiger partial charge in [-0.2, -0.15) is 0 Å². The van der Waals surface area contributed by atoms with E-state index in [-0.39, 0.29) is 17.1 Å². The Labute approximate surface area is 155 Å². The zero-order chi connectivity index (χ0) is 16.3. The fourth-order valence-corrected chi connectivity index (χ4v) is 4.79. The van der Waals surface area contributed by atoms with Gasteiger partial charge in [0.1, 0.15) is 0 Å². The Balaban J connectivity index is 0.000000397. The van der Waals surface area contributed by atoms with E-state index >= 15 is 0 Å². The summed E-state index contributed by atoms with van der Waals surface area (Å²) in [6.07, 6.45) is 3.61. The van der Waals surface area contributed by atoms with Gasteiger partial charge in [0, 0.05) is 22.6 Å². The van der Waals surface area contributed by atoms with Crippen LogP contribution in [0.4, 0.5) is 0 Å². The topological polar surface area (TPSA) is 0 Å². The first-order valence-electron chi connectivity index (χ1n) is 8.99. The van der Waals surface area contributed by atoms with Crippen LogP contribution >= 0.6 is 11.6 Å². The molecule has 0 nitrogen and oxygen atoms in total. The maximum absolute atomic E-state index is 5.63. The molecule has 132 valence electrons. The number of halogens is 1. The third kappa shape index (κ3) is 5.02. The molecule has 0 aromatic carbocycles. The van der Waals surface area contributed by atoms with Crippen molar-refractivity contribution in [1.82, 2.24) is 0 Å². The zero-order valence-corrected chi connectivity index (χ0v) is 17.6. The fraction of sp³-hybridized carbons (Fsp3) is 0.900. The van der Waals surface area contributed by atoms with Crippen molar-refractivity contribution < 1.29 is 17.1 Å². The van der Waals surface area contributed by atoms with Gasteiger partial charge in [-0.15, -0.1) is 0 Å². The molecule has 0 aromatic heterocycles. The molecule has 0 bridgehead atoms. The molecule has 2 saturated carbocycles. The first kappa shape index (κ1) is 22.5. The SMILES string of the molecule is CC1C(C)C(C)C(C=CCl)C1C.CC1CC(C)C(C)C1C.[Fe]. The van der Waals surface area contributed by atoms with Crippen LogP contribution in [0.1, 0.15) is 61.8 Å². The van der Waals surface area contributed by atoms with Crippen molar-refractivity contribution in [3.05, 3.63) is 11.6 Å². The molecule has 2 heteroatoms.